The molecule has 3 rings (SSSR count). The number of anilines is 3. The summed E-state index contributed by atoms with van der Waals surface area (Å²) in [5.74, 6) is 1.15. The molecule has 0 unspecified atom stereocenters. The predicted octanol–water partition coefficient (Wildman–Crippen LogP) is 3.98. The first-order valence-corrected chi connectivity index (χ1v) is 8.97. The molecular formula is C21H25N5O. The molecule has 0 fully saturated rings. The fraction of sp³-hybridized carbons (Fsp3) is 0.286. The summed E-state index contributed by atoms with van der Waals surface area (Å²) < 4.78 is 0. The lowest BCUT2D eigenvalue weighted by Gasteiger charge is -2.19. The number of aliphatic hydroxyl groups excluding tert-OH is 1. The second kappa shape index (κ2) is 8.14. The van der Waals surface area contributed by atoms with Crippen molar-refractivity contribution in [2.75, 3.05) is 23.8 Å². The van der Waals surface area contributed by atoms with Gasteiger partial charge in [0.15, 0.2) is 0 Å². The summed E-state index contributed by atoms with van der Waals surface area (Å²) in [7, 11) is 0. The first-order chi connectivity index (χ1) is 13.0. The van der Waals surface area contributed by atoms with Crippen LogP contribution in [0.1, 0.15) is 26.3 Å². The third kappa shape index (κ3) is 5.01. The fourth-order valence-corrected chi connectivity index (χ4v) is 2.63. The Morgan fingerprint density at radius 2 is 1.67 bits per heavy atom. The highest BCUT2D eigenvalue weighted by Gasteiger charge is 2.13. The Bertz CT molecular complexity index is 873. The molecule has 6 heteroatoms. The van der Waals surface area contributed by atoms with Crippen LogP contribution in [-0.2, 0) is 5.41 Å². The van der Waals surface area contributed by atoms with Gasteiger partial charge in [-0.1, -0.05) is 32.9 Å². The highest BCUT2D eigenvalue weighted by molar-refractivity contribution is 5.67. The molecule has 6 nitrogen and oxygen atoms in total. The lowest BCUT2D eigenvalue weighted by atomic mass is 9.87. The van der Waals surface area contributed by atoms with Gasteiger partial charge in [0.25, 0.3) is 0 Å². The first-order valence-electron chi connectivity index (χ1n) is 8.97. The van der Waals surface area contributed by atoms with E-state index in [1.807, 2.05) is 18.2 Å². The molecule has 0 aliphatic carbocycles. The van der Waals surface area contributed by atoms with Crippen molar-refractivity contribution in [3.8, 4) is 11.3 Å². The molecule has 2 heterocycles. The van der Waals surface area contributed by atoms with E-state index in [1.54, 1.807) is 12.4 Å². The van der Waals surface area contributed by atoms with Crippen LogP contribution < -0.4 is 10.6 Å². The van der Waals surface area contributed by atoms with Crippen LogP contribution in [0, 0.1) is 0 Å². The summed E-state index contributed by atoms with van der Waals surface area (Å²) in [4.78, 5) is 13.1. The number of nitrogens with zero attached hydrogens (tertiary/aromatic N) is 3. The van der Waals surface area contributed by atoms with Crippen molar-refractivity contribution in [2.24, 2.45) is 0 Å². The number of nitrogens with one attached hydrogen (secondary N) is 2. The van der Waals surface area contributed by atoms with Gasteiger partial charge < -0.3 is 15.7 Å². The van der Waals surface area contributed by atoms with Gasteiger partial charge in [-0.3, -0.25) is 4.98 Å². The van der Waals surface area contributed by atoms with E-state index in [0.29, 0.717) is 18.3 Å². The maximum atomic E-state index is 9.07. The van der Waals surface area contributed by atoms with Crippen LogP contribution in [-0.4, -0.2) is 33.2 Å². The van der Waals surface area contributed by atoms with Gasteiger partial charge in [-0.05, 0) is 35.2 Å². The second-order valence-electron chi connectivity index (χ2n) is 7.30. The summed E-state index contributed by atoms with van der Waals surface area (Å²) in [6.45, 7) is 6.99. The highest BCUT2D eigenvalue weighted by atomic mass is 16.3. The minimum atomic E-state index is 0.0138. The average Bonchev–Trinajstić information content (AvgIpc) is 2.66. The van der Waals surface area contributed by atoms with Gasteiger partial charge in [-0.15, -0.1) is 0 Å². The molecule has 0 atom stereocenters. The number of hydrogen-bond donors (Lipinski definition) is 3. The molecule has 140 valence electrons. The third-order valence-electron chi connectivity index (χ3n) is 4.12. The lowest BCUT2D eigenvalue weighted by Crippen LogP contribution is -2.11. The molecule has 0 saturated heterocycles. The van der Waals surface area contributed by atoms with Gasteiger partial charge in [0, 0.05) is 36.3 Å². The summed E-state index contributed by atoms with van der Waals surface area (Å²) in [6, 6.07) is 14.1. The largest absolute Gasteiger partial charge is 0.395 e. The SMILES string of the molecule is CC(C)(C)c1ccc(Nc2cc(-c3ccncc3)nc(NCCO)n2)cc1. The van der Waals surface area contributed by atoms with Crippen LogP contribution in [0.4, 0.5) is 17.5 Å². The minimum Gasteiger partial charge on any atom is -0.395 e. The van der Waals surface area contributed by atoms with Crippen molar-refractivity contribution in [2.45, 2.75) is 26.2 Å². The Morgan fingerprint density at radius 1 is 0.963 bits per heavy atom. The van der Waals surface area contributed by atoms with Crippen molar-refractivity contribution >= 4 is 17.5 Å². The van der Waals surface area contributed by atoms with E-state index in [9.17, 15) is 0 Å². The van der Waals surface area contributed by atoms with Crippen LogP contribution in [0.5, 0.6) is 0 Å². The third-order valence-corrected chi connectivity index (χ3v) is 4.12. The van der Waals surface area contributed by atoms with Crippen molar-refractivity contribution < 1.29 is 5.11 Å². The predicted molar refractivity (Wildman–Crippen MR) is 109 cm³/mol. The molecule has 0 spiro atoms. The Kier molecular flexibility index (Phi) is 5.66. The summed E-state index contributed by atoms with van der Waals surface area (Å²) in [5.41, 5.74) is 4.07. The van der Waals surface area contributed by atoms with E-state index in [-0.39, 0.29) is 12.0 Å². The molecule has 3 N–H and O–H groups in total. The van der Waals surface area contributed by atoms with E-state index in [2.05, 4.69) is 70.6 Å². The standard InChI is InChI=1S/C21H25N5O/c1-21(2,3)16-4-6-17(7-5-16)24-19-14-18(15-8-10-22-11-9-15)25-20(26-19)23-12-13-27/h4-11,14,27H,12-13H2,1-3H3,(H2,23,24,25,26). The van der Waals surface area contributed by atoms with Crippen molar-refractivity contribution in [3.05, 3.63) is 60.4 Å². The number of aliphatic hydroxyl groups is 1. The molecule has 2 aromatic heterocycles. The molecule has 0 amide bonds. The normalized spacial score (nSPS) is 11.3. The van der Waals surface area contributed by atoms with Crippen LogP contribution in [0.3, 0.4) is 0 Å². The molecule has 0 bridgehead atoms. The topological polar surface area (TPSA) is 83.0 Å². The van der Waals surface area contributed by atoms with E-state index in [0.717, 1.165) is 16.9 Å². The van der Waals surface area contributed by atoms with Crippen LogP contribution >= 0.6 is 0 Å². The highest BCUT2D eigenvalue weighted by Crippen LogP contribution is 2.26. The molecule has 27 heavy (non-hydrogen) atoms. The Hall–Kier alpha value is -2.99. The molecule has 0 radical (unpaired) electrons. The molecule has 0 aliphatic rings. The maximum absolute atomic E-state index is 9.07. The van der Waals surface area contributed by atoms with Crippen LogP contribution in [0.15, 0.2) is 54.9 Å². The van der Waals surface area contributed by atoms with Crippen molar-refractivity contribution in [3.63, 3.8) is 0 Å². The zero-order chi connectivity index (χ0) is 19.3. The Balaban J connectivity index is 1.89. The second-order valence-corrected chi connectivity index (χ2v) is 7.30. The zero-order valence-corrected chi connectivity index (χ0v) is 15.9. The quantitative estimate of drug-likeness (QED) is 0.614. The van der Waals surface area contributed by atoms with E-state index < -0.39 is 0 Å². The fourth-order valence-electron chi connectivity index (χ4n) is 2.63. The number of aromatic nitrogens is 3. The van der Waals surface area contributed by atoms with E-state index >= 15 is 0 Å². The van der Waals surface area contributed by atoms with Gasteiger partial charge in [0.1, 0.15) is 5.82 Å². The van der Waals surface area contributed by atoms with E-state index in [1.165, 1.54) is 5.56 Å². The number of pyridine rings is 1. The average molecular weight is 363 g/mol. The number of hydrogen-bond acceptors (Lipinski definition) is 6. The zero-order valence-electron chi connectivity index (χ0n) is 15.9. The summed E-state index contributed by atoms with van der Waals surface area (Å²) in [5, 5.41) is 15.4. The number of benzene rings is 1. The summed E-state index contributed by atoms with van der Waals surface area (Å²) in [6.07, 6.45) is 3.47. The van der Waals surface area contributed by atoms with Gasteiger partial charge >= 0.3 is 0 Å². The van der Waals surface area contributed by atoms with Crippen molar-refractivity contribution in [1.82, 2.24) is 15.0 Å². The monoisotopic (exact) mass is 363 g/mol. The first kappa shape index (κ1) is 18.8. The molecule has 3 aromatic rings. The van der Waals surface area contributed by atoms with Gasteiger partial charge in [-0.25, -0.2) is 4.98 Å². The van der Waals surface area contributed by atoms with Crippen LogP contribution in [0.25, 0.3) is 11.3 Å². The molecule has 0 aliphatic heterocycles. The lowest BCUT2D eigenvalue weighted by molar-refractivity contribution is 0.311. The molecular weight excluding hydrogens is 338 g/mol. The van der Waals surface area contributed by atoms with E-state index in [4.69, 9.17) is 5.11 Å². The van der Waals surface area contributed by atoms with Crippen LogP contribution in [0.2, 0.25) is 0 Å². The Labute approximate surface area is 159 Å². The number of rotatable bonds is 6. The van der Waals surface area contributed by atoms with Gasteiger partial charge in [0.2, 0.25) is 5.95 Å². The Morgan fingerprint density at radius 3 is 2.30 bits per heavy atom. The van der Waals surface area contributed by atoms with Crippen molar-refractivity contribution in [1.29, 1.82) is 0 Å². The summed E-state index contributed by atoms with van der Waals surface area (Å²) >= 11 is 0. The van der Waals surface area contributed by atoms with Gasteiger partial charge in [0.05, 0.1) is 12.3 Å². The van der Waals surface area contributed by atoms with Gasteiger partial charge in [-0.2, -0.15) is 4.98 Å². The minimum absolute atomic E-state index is 0.0138. The maximum Gasteiger partial charge on any atom is 0.225 e. The molecule has 0 saturated carbocycles. The molecule has 1 aromatic carbocycles. The smallest absolute Gasteiger partial charge is 0.225 e.